The summed E-state index contributed by atoms with van der Waals surface area (Å²) in [5.41, 5.74) is 4.43. The van der Waals surface area contributed by atoms with Crippen molar-refractivity contribution < 1.29 is 4.79 Å². The summed E-state index contributed by atoms with van der Waals surface area (Å²) in [6, 6.07) is 16.9. The van der Waals surface area contributed by atoms with Crippen LogP contribution in [0.3, 0.4) is 0 Å². The van der Waals surface area contributed by atoms with Gasteiger partial charge in [-0.05, 0) is 56.1 Å². The maximum atomic E-state index is 12.0. The summed E-state index contributed by atoms with van der Waals surface area (Å²) in [4.78, 5) is 20.6. The van der Waals surface area contributed by atoms with Gasteiger partial charge in [-0.1, -0.05) is 42.0 Å². The quantitative estimate of drug-likeness (QED) is 0.314. The molecule has 32 heavy (non-hydrogen) atoms. The zero-order chi connectivity index (χ0) is 22.2. The monoisotopic (exact) mass is 549 g/mol. The third-order valence-corrected chi connectivity index (χ3v) is 5.80. The number of amides is 1. The minimum atomic E-state index is 0. The van der Waals surface area contributed by atoms with Crippen molar-refractivity contribution in [3.63, 3.8) is 0 Å². The molecule has 174 valence electrons. The van der Waals surface area contributed by atoms with Gasteiger partial charge in [0.1, 0.15) is 0 Å². The number of halogens is 1. The molecule has 6 nitrogen and oxygen atoms in total. The zero-order valence-electron chi connectivity index (χ0n) is 19.6. The minimum Gasteiger partial charge on any atom is -0.354 e. The van der Waals surface area contributed by atoms with Crippen LogP contribution in [0, 0.1) is 6.92 Å². The first-order valence-corrected chi connectivity index (χ1v) is 11.0. The highest BCUT2D eigenvalue weighted by Crippen LogP contribution is 2.24. The van der Waals surface area contributed by atoms with Crippen molar-refractivity contribution >= 4 is 35.8 Å². The molecule has 2 aromatic rings. The molecule has 1 atom stereocenters. The number of nitrogens with one attached hydrogen (secondary N) is 2. The Kier molecular flexibility index (Phi) is 10.4. The van der Waals surface area contributed by atoms with Crippen LogP contribution < -0.4 is 10.6 Å². The van der Waals surface area contributed by atoms with Gasteiger partial charge >= 0.3 is 0 Å². The molecule has 1 aliphatic rings. The molecule has 0 aromatic heterocycles. The predicted octanol–water partition coefficient (Wildman–Crippen LogP) is 3.82. The lowest BCUT2D eigenvalue weighted by molar-refractivity contribution is 0.0827. The van der Waals surface area contributed by atoms with E-state index < -0.39 is 0 Å². The normalized spacial score (nSPS) is 15.1. The fourth-order valence-electron chi connectivity index (χ4n) is 3.92. The molecule has 1 heterocycles. The number of carbonyl (C=O) groups excluding carboxylic acids is 1. The number of guanidine groups is 1. The fourth-order valence-corrected chi connectivity index (χ4v) is 3.92. The lowest BCUT2D eigenvalue weighted by atomic mass is 10.0. The summed E-state index contributed by atoms with van der Waals surface area (Å²) in [5, 5.41) is 6.90. The van der Waals surface area contributed by atoms with Gasteiger partial charge in [-0.2, -0.15) is 0 Å². The molecule has 1 amide bonds. The van der Waals surface area contributed by atoms with Gasteiger partial charge in [-0.3, -0.25) is 14.7 Å². The number of carbonyl (C=O) groups is 1. The van der Waals surface area contributed by atoms with Crippen LogP contribution in [-0.4, -0.2) is 62.4 Å². The van der Waals surface area contributed by atoms with Crippen LogP contribution in [0.5, 0.6) is 0 Å². The zero-order valence-corrected chi connectivity index (χ0v) is 21.9. The van der Waals surface area contributed by atoms with Crippen LogP contribution in [0.4, 0.5) is 0 Å². The van der Waals surface area contributed by atoms with E-state index in [0.717, 1.165) is 31.2 Å². The number of nitrogens with zero attached hydrogens (tertiary/aromatic N) is 3. The Morgan fingerprint density at radius 1 is 1.03 bits per heavy atom. The maximum Gasteiger partial charge on any atom is 0.253 e. The molecule has 3 rings (SSSR count). The van der Waals surface area contributed by atoms with Gasteiger partial charge in [0, 0.05) is 39.8 Å². The maximum absolute atomic E-state index is 12.0. The number of likely N-dealkylation sites (tertiary alicyclic amines) is 1. The first-order chi connectivity index (χ1) is 15.0. The van der Waals surface area contributed by atoms with Crippen molar-refractivity contribution in [3.05, 3.63) is 70.8 Å². The van der Waals surface area contributed by atoms with Gasteiger partial charge in [0.15, 0.2) is 5.96 Å². The van der Waals surface area contributed by atoms with E-state index in [1.54, 1.807) is 26.0 Å². The molecule has 0 saturated carbocycles. The molecular weight excluding hydrogens is 513 g/mol. The average Bonchev–Trinajstić information content (AvgIpc) is 3.31. The number of hydrogen-bond acceptors (Lipinski definition) is 3. The first-order valence-electron chi connectivity index (χ1n) is 11.0. The Morgan fingerprint density at radius 3 is 2.22 bits per heavy atom. The highest BCUT2D eigenvalue weighted by Gasteiger charge is 2.23. The van der Waals surface area contributed by atoms with Crippen molar-refractivity contribution in [2.75, 3.05) is 40.8 Å². The number of aliphatic imine (C=N–C) groups is 1. The van der Waals surface area contributed by atoms with E-state index in [0.29, 0.717) is 18.2 Å². The summed E-state index contributed by atoms with van der Waals surface area (Å²) in [6.07, 6.45) is 2.53. The van der Waals surface area contributed by atoms with Gasteiger partial charge in [-0.25, -0.2) is 0 Å². The summed E-state index contributed by atoms with van der Waals surface area (Å²) in [6.45, 7) is 5.87. The van der Waals surface area contributed by atoms with E-state index >= 15 is 0 Å². The largest absolute Gasteiger partial charge is 0.354 e. The average molecular weight is 550 g/mol. The molecule has 1 unspecified atom stereocenters. The van der Waals surface area contributed by atoms with Crippen molar-refractivity contribution in [1.82, 2.24) is 20.4 Å². The van der Waals surface area contributed by atoms with E-state index in [4.69, 9.17) is 0 Å². The number of hydrogen-bond donors (Lipinski definition) is 2. The Balaban J connectivity index is 0.00000363. The number of benzene rings is 2. The number of aryl methyl sites for hydroxylation is 1. The highest BCUT2D eigenvalue weighted by atomic mass is 127. The summed E-state index contributed by atoms with van der Waals surface area (Å²) in [5.74, 6) is 0.797. The molecule has 1 aliphatic heterocycles. The van der Waals surface area contributed by atoms with Gasteiger partial charge in [-0.15, -0.1) is 24.0 Å². The van der Waals surface area contributed by atoms with E-state index in [-0.39, 0.29) is 29.9 Å². The van der Waals surface area contributed by atoms with Crippen molar-refractivity contribution in [2.24, 2.45) is 4.99 Å². The fraction of sp³-hybridized carbons (Fsp3) is 0.440. The second-order valence-electron chi connectivity index (χ2n) is 8.37. The first kappa shape index (κ1) is 26.1. The molecule has 0 spiro atoms. The third kappa shape index (κ3) is 7.20. The topological polar surface area (TPSA) is 60.0 Å². The molecule has 0 radical (unpaired) electrons. The van der Waals surface area contributed by atoms with Crippen molar-refractivity contribution in [2.45, 2.75) is 32.4 Å². The Morgan fingerprint density at radius 2 is 1.66 bits per heavy atom. The smallest absolute Gasteiger partial charge is 0.253 e. The van der Waals surface area contributed by atoms with Gasteiger partial charge < -0.3 is 15.5 Å². The van der Waals surface area contributed by atoms with Crippen molar-refractivity contribution in [1.29, 1.82) is 0 Å². The number of rotatable bonds is 7. The van der Waals surface area contributed by atoms with Gasteiger partial charge in [0.05, 0.1) is 6.04 Å². The molecule has 7 heteroatoms. The molecule has 2 N–H and O–H groups in total. The molecule has 0 aliphatic carbocycles. The summed E-state index contributed by atoms with van der Waals surface area (Å²) < 4.78 is 0. The van der Waals surface area contributed by atoms with Crippen LogP contribution in [0.2, 0.25) is 0 Å². The SMILES string of the molecule is CN=C(NCc1ccc(C(=O)N(C)C)cc1)NCC(c1ccc(C)cc1)N1CCCC1.I. The lowest BCUT2D eigenvalue weighted by Gasteiger charge is -2.29. The summed E-state index contributed by atoms with van der Waals surface area (Å²) >= 11 is 0. The van der Waals surface area contributed by atoms with Crippen LogP contribution >= 0.6 is 24.0 Å². The lowest BCUT2D eigenvalue weighted by Crippen LogP contribution is -2.42. The Bertz CT molecular complexity index is 874. The van der Waals surface area contributed by atoms with Crippen LogP contribution in [0.15, 0.2) is 53.5 Å². The van der Waals surface area contributed by atoms with E-state index in [9.17, 15) is 4.79 Å². The molecular formula is C25H36IN5O. The Labute approximate surface area is 209 Å². The van der Waals surface area contributed by atoms with Crippen LogP contribution in [0.1, 0.15) is 45.9 Å². The van der Waals surface area contributed by atoms with Gasteiger partial charge in [0.2, 0.25) is 0 Å². The standard InChI is InChI=1S/C25H35N5O.HI/c1-19-7-11-21(12-8-19)23(30-15-5-6-16-30)18-28-25(26-2)27-17-20-9-13-22(14-10-20)24(31)29(3)4;/h7-14,23H,5-6,15-18H2,1-4H3,(H2,26,27,28);1H. The summed E-state index contributed by atoms with van der Waals surface area (Å²) in [7, 11) is 5.32. The highest BCUT2D eigenvalue weighted by molar-refractivity contribution is 14.0. The van der Waals surface area contributed by atoms with E-state index in [2.05, 4.69) is 51.7 Å². The van der Waals surface area contributed by atoms with Crippen molar-refractivity contribution in [3.8, 4) is 0 Å². The van der Waals surface area contributed by atoms with Crippen LogP contribution in [-0.2, 0) is 6.54 Å². The van der Waals surface area contributed by atoms with Crippen LogP contribution in [0.25, 0.3) is 0 Å². The molecule has 1 fully saturated rings. The predicted molar refractivity (Wildman–Crippen MR) is 143 cm³/mol. The third-order valence-electron chi connectivity index (χ3n) is 5.80. The second kappa shape index (κ2) is 12.8. The molecule has 0 bridgehead atoms. The van der Waals surface area contributed by atoms with E-state index in [1.165, 1.54) is 24.0 Å². The molecule has 1 saturated heterocycles. The van der Waals surface area contributed by atoms with Gasteiger partial charge in [0.25, 0.3) is 5.91 Å². The van der Waals surface area contributed by atoms with E-state index in [1.807, 2.05) is 24.3 Å². The molecule has 2 aromatic carbocycles. The second-order valence-corrected chi connectivity index (χ2v) is 8.37. The Hall–Kier alpha value is -2.13. The minimum absolute atomic E-state index is 0.